The molecule has 1 heterocycles. The second kappa shape index (κ2) is 8.27. The van der Waals surface area contributed by atoms with Crippen molar-refractivity contribution in [2.24, 2.45) is 0 Å². The molecule has 6 nitrogen and oxygen atoms in total. The quantitative estimate of drug-likeness (QED) is 0.694. The first-order valence-corrected chi connectivity index (χ1v) is 8.33. The van der Waals surface area contributed by atoms with Crippen LogP contribution in [-0.4, -0.2) is 23.0 Å². The lowest BCUT2D eigenvalue weighted by molar-refractivity contribution is 0.102. The monoisotopic (exact) mass is 366 g/mol. The van der Waals surface area contributed by atoms with Gasteiger partial charge in [0.2, 0.25) is 5.95 Å². The summed E-state index contributed by atoms with van der Waals surface area (Å²) < 4.78 is 18.8. The predicted octanol–water partition coefficient (Wildman–Crippen LogP) is 3.80. The van der Waals surface area contributed by atoms with E-state index in [1.165, 1.54) is 12.1 Å². The zero-order chi connectivity index (χ0) is 19.2. The van der Waals surface area contributed by atoms with Crippen molar-refractivity contribution in [1.29, 1.82) is 0 Å². The van der Waals surface area contributed by atoms with E-state index >= 15 is 0 Å². The number of rotatable bonds is 6. The Morgan fingerprint density at radius 3 is 2.56 bits per heavy atom. The summed E-state index contributed by atoms with van der Waals surface area (Å²) in [6.45, 7) is 2.25. The lowest BCUT2D eigenvalue weighted by Gasteiger charge is -2.10. The summed E-state index contributed by atoms with van der Waals surface area (Å²) in [6.07, 6.45) is 0. The molecule has 3 aromatic rings. The number of aryl methyl sites for hydroxylation is 1. The number of methoxy groups -OCH3 is 1. The number of amides is 1. The first kappa shape index (κ1) is 18.3. The van der Waals surface area contributed by atoms with E-state index in [2.05, 4.69) is 20.6 Å². The van der Waals surface area contributed by atoms with Gasteiger partial charge in [-0.15, -0.1) is 0 Å². The van der Waals surface area contributed by atoms with E-state index in [1.807, 2.05) is 24.3 Å². The number of ether oxygens (including phenoxy) is 1. The van der Waals surface area contributed by atoms with Gasteiger partial charge in [-0.1, -0.05) is 24.3 Å². The van der Waals surface area contributed by atoms with Gasteiger partial charge in [0.25, 0.3) is 5.91 Å². The summed E-state index contributed by atoms with van der Waals surface area (Å²) in [5.74, 6) is 0.0924. The second-order valence-electron chi connectivity index (χ2n) is 5.85. The number of halogens is 1. The normalized spacial score (nSPS) is 10.3. The maximum absolute atomic E-state index is 13.7. The van der Waals surface area contributed by atoms with Gasteiger partial charge in [-0.2, -0.15) is 0 Å². The van der Waals surface area contributed by atoms with E-state index in [9.17, 15) is 9.18 Å². The van der Waals surface area contributed by atoms with Gasteiger partial charge in [0, 0.05) is 12.2 Å². The smallest absolute Gasteiger partial charge is 0.274 e. The minimum Gasteiger partial charge on any atom is -0.497 e. The number of hydrogen-bond acceptors (Lipinski definition) is 5. The number of hydrogen-bond donors (Lipinski definition) is 2. The molecule has 7 heteroatoms. The van der Waals surface area contributed by atoms with Gasteiger partial charge in [-0.3, -0.25) is 4.79 Å². The van der Waals surface area contributed by atoms with Crippen molar-refractivity contribution in [3.05, 3.63) is 77.4 Å². The van der Waals surface area contributed by atoms with Crippen molar-refractivity contribution < 1.29 is 13.9 Å². The number of nitrogens with zero attached hydrogens (tertiary/aromatic N) is 2. The summed E-state index contributed by atoms with van der Waals surface area (Å²) in [6, 6.07) is 15.1. The third-order valence-corrected chi connectivity index (χ3v) is 3.82. The van der Waals surface area contributed by atoms with Gasteiger partial charge in [0.05, 0.1) is 12.8 Å². The van der Waals surface area contributed by atoms with Gasteiger partial charge in [0.15, 0.2) is 0 Å². The second-order valence-corrected chi connectivity index (χ2v) is 5.85. The molecule has 2 aromatic carbocycles. The van der Waals surface area contributed by atoms with Crippen LogP contribution in [0.4, 0.5) is 16.0 Å². The molecular formula is C20H19FN4O2. The van der Waals surface area contributed by atoms with Crippen LogP contribution >= 0.6 is 0 Å². The molecule has 0 spiro atoms. The largest absolute Gasteiger partial charge is 0.497 e. The van der Waals surface area contributed by atoms with Crippen molar-refractivity contribution in [2.75, 3.05) is 17.7 Å². The Balaban J connectivity index is 1.71. The minimum atomic E-state index is -0.505. The average molecular weight is 366 g/mol. The number of benzene rings is 2. The molecule has 0 fully saturated rings. The fraction of sp³-hybridized carbons (Fsp3) is 0.150. The van der Waals surface area contributed by atoms with Crippen molar-refractivity contribution in [3.8, 4) is 5.75 Å². The van der Waals surface area contributed by atoms with E-state index < -0.39 is 11.7 Å². The highest BCUT2D eigenvalue weighted by molar-refractivity contribution is 6.03. The predicted molar refractivity (Wildman–Crippen MR) is 101 cm³/mol. The molecule has 0 unspecified atom stereocenters. The molecule has 0 radical (unpaired) electrons. The maximum Gasteiger partial charge on any atom is 0.274 e. The van der Waals surface area contributed by atoms with Crippen LogP contribution in [0.2, 0.25) is 0 Å². The number of aromatic nitrogens is 2. The summed E-state index contributed by atoms with van der Waals surface area (Å²) in [4.78, 5) is 20.9. The Labute approximate surface area is 156 Å². The van der Waals surface area contributed by atoms with E-state index in [0.29, 0.717) is 18.2 Å². The third-order valence-electron chi connectivity index (χ3n) is 3.82. The Bertz CT molecular complexity index is 945. The Morgan fingerprint density at radius 1 is 1.11 bits per heavy atom. The summed E-state index contributed by atoms with van der Waals surface area (Å²) >= 11 is 0. The zero-order valence-electron chi connectivity index (χ0n) is 15.0. The van der Waals surface area contributed by atoms with Crippen LogP contribution in [0.1, 0.15) is 21.7 Å². The highest BCUT2D eigenvalue weighted by Gasteiger charge is 2.13. The molecule has 0 atom stereocenters. The van der Waals surface area contributed by atoms with Crippen LogP contribution < -0.4 is 15.4 Å². The van der Waals surface area contributed by atoms with Gasteiger partial charge in [-0.05, 0) is 42.8 Å². The van der Waals surface area contributed by atoms with Crippen molar-refractivity contribution in [1.82, 2.24) is 9.97 Å². The van der Waals surface area contributed by atoms with Crippen molar-refractivity contribution in [2.45, 2.75) is 13.5 Å². The molecule has 138 valence electrons. The lowest BCUT2D eigenvalue weighted by atomic mass is 10.2. The maximum atomic E-state index is 13.7. The van der Waals surface area contributed by atoms with Crippen LogP contribution in [-0.2, 0) is 6.54 Å². The van der Waals surface area contributed by atoms with Crippen molar-refractivity contribution >= 4 is 17.5 Å². The minimum absolute atomic E-state index is 0.103. The lowest BCUT2D eigenvalue weighted by Crippen LogP contribution is -2.16. The van der Waals surface area contributed by atoms with Gasteiger partial charge in [0.1, 0.15) is 17.3 Å². The van der Waals surface area contributed by atoms with Crippen LogP contribution in [0.5, 0.6) is 5.75 Å². The molecule has 0 saturated heterocycles. The molecule has 2 N–H and O–H groups in total. The Kier molecular flexibility index (Phi) is 5.61. The van der Waals surface area contributed by atoms with Crippen LogP contribution in [0.3, 0.4) is 0 Å². The number of nitrogens with one attached hydrogen (secondary N) is 2. The highest BCUT2D eigenvalue weighted by atomic mass is 19.1. The Morgan fingerprint density at radius 2 is 1.85 bits per heavy atom. The van der Waals surface area contributed by atoms with E-state index in [1.54, 1.807) is 32.2 Å². The topological polar surface area (TPSA) is 76.1 Å². The molecule has 0 saturated carbocycles. The van der Waals surface area contributed by atoms with Crippen LogP contribution in [0.25, 0.3) is 0 Å². The van der Waals surface area contributed by atoms with E-state index in [0.717, 1.165) is 11.3 Å². The summed E-state index contributed by atoms with van der Waals surface area (Å²) in [5.41, 5.74) is 1.90. The fourth-order valence-corrected chi connectivity index (χ4v) is 2.44. The van der Waals surface area contributed by atoms with Gasteiger partial charge >= 0.3 is 0 Å². The molecule has 1 aromatic heterocycles. The summed E-state index contributed by atoms with van der Waals surface area (Å²) in [5, 5.41) is 5.61. The average Bonchev–Trinajstić information content (AvgIpc) is 2.68. The molecule has 0 aliphatic carbocycles. The number of anilines is 2. The van der Waals surface area contributed by atoms with Gasteiger partial charge in [-0.25, -0.2) is 14.4 Å². The molecular weight excluding hydrogens is 347 g/mol. The third kappa shape index (κ3) is 4.78. The summed E-state index contributed by atoms with van der Waals surface area (Å²) in [7, 11) is 1.61. The molecule has 0 aliphatic heterocycles. The number of carbonyl (C=O) groups is 1. The van der Waals surface area contributed by atoms with Crippen LogP contribution in [0, 0.1) is 12.7 Å². The fourth-order valence-electron chi connectivity index (χ4n) is 2.44. The number of carbonyl (C=O) groups excluding carboxylic acids is 1. The van der Waals surface area contributed by atoms with E-state index in [4.69, 9.17) is 4.74 Å². The van der Waals surface area contributed by atoms with Crippen LogP contribution in [0.15, 0.2) is 54.6 Å². The molecule has 0 aliphatic rings. The SMILES string of the molecule is COc1ccc(CNc2nc(C)cc(C(=O)Nc3ccccc3F)n2)cc1. The van der Waals surface area contributed by atoms with Crippen molar-refractivity contribution in [3.63, 3.8) is 0 Å². The zero-order valence-corrected chi connectivity index (χ0v) is 15.0. The van der Waals surface area contributed by atoms with E-state index in [-0.39, 0.29) is 11.4 Å². The Hall–Kier alpha value is -3.48. The molecule has 0 bridgehead atoms. The number of para-hydroxylation sites is 1. The highest BCUT2D eigenvalue weighted by Crippen LogP contribution is 2.15. The molecule has 3 rings (SSSR count). The first-order valence-electron chi connectivity index (χ1n) is 8.33. The van der Waals surface area contributed by atoms with Gasteiger partial charge < -0.3 is 15.4 Å². The first-order chi connectivity index (χ1) is 13.0. The molecule has 27 heavy (non-hydrogen) atoms. The molecule has 1 amide bonds. The standard InChI is InChI=1S/C20H19FN4O2/c1-13-11-18(19(26)24-17-6-4-3-5-16(17)21)25-20(23-13)22-12-14-7-9-15(27-2)10-8-14/h3-11H,12H2,1-2H3,(H,24,26)(H,22,23,25).